The molecule has 2 saturated carbocycles. The number of aliphatic hydroxyl groups excluding tert-OH is 1. The quantitative estimate of drug-likeness (QED) is 0.523. The van der Waals surface area contributed by atoms with E-state index >= 15 is 0 Å². The van der Waals surface area contributed by atoms with Gasteiger partial charge >= 0.3 is 11.9 Å². The Morgan fingerprint density at radius 3 is 2.43 bits per heavy atom. The van der Waals surface area contributed by atoms with Gasteiger partial charge in [-0.25, -0.2) is 0 Å². The highest BCUT2D eigenvalue weighted by atomic mass is 79.9. The van der Waals surface area contributed by atoms with Gasteiger partial charge in [-0.05, 0) is 25.2 Å². The minimum absolute atomic E-state index is 0.0399. The van der Waals surface area contributed by atoms with E-state index in [1.165, 1.54) is 6.92 Å². The predicted molar refractivity (Wildman–Crippen MR) is 92.5 cm³/mol. The molecule has 0 bridgehead atoms. The summed E-state index contributed by atoms with van der Waals surface area (Å²) in [6.07, 6.45) is 0.0209. The van der Waals surface area contributed by atoms with E-state index in [9.17, 15) is 14.7 Å². The van der Waals surface area contributed by atoms with Gasteiger partial charge in [-0.15, -0.1) is 0 Å². The van der Waals surface area contributed by atoms with Crippen LogP contribution in [-0.2, 0) is 19.1 Å². The number of hydrogen-bond acceptors (Lipinski definition) is 5. The molecule has 2 aliphatic carbocycles. The Morgan fingerprint density at radius 2 is 1.87 bits per heavy atom. The molecule has 0 aromatic carbocycles. The van der Waals surface area contributed by atoms with E-state index in [-0.39, 0.29) is 51.4 Å². The minimum Gasteiger partial charge on any atom is -0.466 e. The molecule has 0 aromatic heterocycles. The van der Waals surface area contributed by atoms with E-state index < -0.39 is 6.10 Å². The number of esters is 2. The third-order valence-corrected chi connectivity index (χ3v) is 8.43. The zero-order valence-corrected chi connectivity index (χ0v) is 16.7. The second-order valence-corrected chi connectivity index (χ2v) is 8.65. The van der Waals surface area contributed by atoms with Crippen molar-refractivity contribution >= 4 is 43.8 Å². The number of fused-ring (bicyclic) bond motifs is 1. The van der Waals surface area contributed by atoms with Crippen LogP contribution in [0.15, 0.2) is 0 Å². The van der Waals surface area contributed by atoms with Gasteiger partial charge in [0.1, 0.15) is 6.10 Å². The van der Waals surface area contributed by atoms with Gasteiger partial charge in [-0.3, -0.25) is 9.59 Å². The van der Waals surface area contributed by atoms with E-state index in [0.717, 1.165) is 0 Å². The third-order valence-electron chi connectivity index (χ3n) is 5.07. The van der Waals surface area contributed by atoms with E-state index in [0.29, 0.717) is 19.4 Å². The van der Waals surface area contributed by atoms with Crippen LogP contribution in [0.3, 0.4) is 0 Å². The molecule has 2 fully saturated rings. The van der Waals surface area contributed by atoms with Crippen molar-refractivity contribution in [3.05, 3.63) is 0 Å². The van der Waals surface area contributed by atoms with E-state index in [1.54, 1.807) is 6.92 Å². The number of ether oxygens (including phenoxy) is 2. The number of rotatable bonds is 3. The predicted octanol–water partition coefficient (Wildman–Crippen LogP) is 2.66. The third kappa shape index (κ3) is 3.93. The maximum atomic E-state index is 12.5. The molecule has 0 saturated heterocycles. The lowest BCUT2D eigenvalue weighted by Crippen LogP contribution is -2.57. The van der Waals surface area contributed by atoms with Gasteiger partial charge in [0.05, 0.1) is 18.6 Å². The molecule has 4 unspecified atom stereocenters. The van der Waals surface area contributed by atoms with Crippen LogP contribution in [0.5, 0.6) is 0 Å². The van der Waals surface area contributed by atoms with Crippen LogP contribution >= 0.6 is 31.9 Å². The Morgan fingerprint density at radius 1 is 1.22 bits per heavy atom. The summed E-state index contributed by atoms with van der Waals surface area (Å²) in [6, 6.07) is 0. The number of halogens is 2. The average Bonchev–Trinajstić information content (AvgIpc) is 2.46. The highest BCUT2D eigenvalue weighted by Gasteiger charge is 2.55. The molecular weight excluding hydrogens is 432 g/mol. The highest BCUT2D eigenvalue weighted by Crippen LogP contribution is 2.51. The van der Waals surface area contributed by atoms with Crippen molar-refractivity contribution in [3.63, 3.8) is 0 Å². The fourth-order valence-electron chi connectivity index (χ4n) is 4.13. The summed E-state index contributed by atoms with van der Waals surface area (Å²) < 4.78 is 10.6. The molecule has 0 radical (unpaired) electrons. The first-order valence-electron chi connectivity index (χ1n) is 8.07. The molecule has 0 spiro atoms. The summed E-state index contributed by atoms with van der Waals surface area (Å²) in [5, 5.41) is 10.7. The molecular formula is C16H24Br2O5. The number of alkyl halides is 2. The van der Waals surface area contributed by atoms with Gasteiger partial charge in [-0.1, -0.05) is 38.8 Å². The topological polar surface area (TPSA) is 72.8 Å². The number of hydrogen-bond donors (Lipinski definition) is 1. The molecule has 132 valence electrons. The molecule has 0 heterocycles. The molecule has 1 N–H and O–H groups in total. The van der Waals surface area contributed by atoms with Crippen molar-refractivity contribution in [2.24, 2.45) is 23.7 Å². The number of carbonyl (C=O) groups is 2. The Hall–Kier alpha value is -0.140. The van der Waals surface area contributed by atoms with E-state index in [4.69, 9.17) is 9.47 Å². The zero-order valence-electron chi connectivity index (χ0n) is 13.6. The Kier molecular flexibility index (Phi) is 6.53. The number of carbonyl (C=O) groups excluding carboxylic acids is 2. The van der Waals surface area contributed by atoms with Crippen molar-refractivity contribution in [1.29, 1.82) is 0 Å². The molecule has 2 rings (SSSR count). The van der Waals surface area contributed by atoms with Gasteiger partial charge in [0, 0.05) is 28.9 Å². The van der Waals surface area contributed by atoms with Crippen LogP contribution in [0, 0.1) is 23.7 Å². The van der Waals surface area contributed by atoms with Crippen molar-refractivity contribution in [2.75, 3.05) is 6.61 Å². The smallest absolute Gasteiger partial charge is 0.309 e. The van der Waals surface area contributed by atoms with Gasteiger partial charge in [0.25, 0.3) is 0 Å². The lowest BCUT2D eigenvalue weighted by Gasteiger charge is -2.51. The van der Waals surface area contributed by atoms with Crippen LogP contribution in [-0.4, -0.2) is 45.5 Å². The molecule has 7 heteroatoms. The second-order valence-electron chi connectivity index (χ2n) is 6.54. The van der Waals surface area contributed by atoms with E-state index in [2.05, 4.69) is 31.9 Å². The van der Waals surface area contributed by atoms with Crippen molar-refractivity contribution < 1.29 is 24.2 Å². The molecule has 0 aliphatic heterocycles. The number of aliphatic hydroxyl groups is 1. The molecule has 0 amide bonds. The van der Waals surface area contributed by atoms with Crippen LogP contribution < -0.4 is 0 Å². The molecule has 0 aromatic rings. The van der Waals surface area contributed by atoms with Crippen molar-refractivity contribution in [2.45, 2.75) is 55.5 Å². The molecule has 5 nitrogen and oxygen atoms in total. The van der Waals surface area contributed by atoms with Crippen LogP contribution in [0.1, 0.15) is 33.6 Å². The molecule has 23 heavy (non-hydrogen) atoms. The second kappa shape index (κ2) is 7.83. The van der Waals surface area contributed by atoms with Gasteiger partial charge in [0.15, 0.2) is 0 Å². The lowest BCUT2D eigenvalue weighted by atomic mass is 9.60. The minimum atomic E-state index is -0.685. The summed E-state index contributed by atoms with van der Waals surface area (Å²) in [6.45, 7) is 5.50. The monoisotopic (exact) mass is 454 g/mol. The Bertz CT molecular complexity index is 458. The highest BCUT2D eigenvalue weighted by molar-refractivity contribution is 9.12. The lowest BCUT2D eigenvalue weighted by molar-refractivity contribution is -0.169. The van der Waals surface area contributed by atoms with Crippen molar-refractivity contribution in [1.82, 2.24) is 0 Å². The molecule has 2 aliphatic rings. The first kappa shape index (κ1) is 19.2. The van der Waals surface area contributed by atoms with Gasteiger partial charge in [0.2, 0.25) is 0 Å². The summed E-state index contributed by atoms with van der Waals surface area (Å²) in [4.78, 5) is 23.9. The fourth-order valence-corrected chi connectivity index (χ4v) is 5.90. The Balaban J connectivity index is 2.27. The average molecular weight is 456 g/mol. The molecule has 8 atom stereocenters. The maximum Gasteiger partial charge on any atom is 0.309 e. The van der Waals surface area contributed by atoms with Gasteiger partial charge in [-0.2, -0.15) is 0 Å². The summed E-state index contributed by atoms with van der Waals surface area (Å²) >= 11 is 7.41. The fraction of sp³-hybridized carbons (Fsp3) is 0.875. The SMILES string of the molecule is CCOC(=O)[C@@H]1C2C(C[C@@H](OC(C)=O)C[C@@H]2O)C(Br)C(Br)[C@@H]1C. The first-order valence-corrected chi connectivity index (χ1v) is 9.91. The van der Waals surface area contributed by atoms with Crippen molar-refractivity contribution in [3.8, 4) is 0 Å². The Labute approximate surface area is 153 Å². The van der Waals surface area contributed by atoms with Crippen LogP contribution in [0.4, 0.5) is 0 Å². The summed E-state index contributed by atoms with van der Waals surface area (Å²) in [7, 11) is 0. The van der Waals surface area contributed by atoms with Crippen LogP contribution in [0.25, 0.3) is 0 Å². The summed E-state index contributed by atoms with van der Waals surface area (Å²) in [5.74, 6) is -1.05. The first-order chi connectivity index (χ1) is 10.8. The normalized spacial score (nSPS) is 43.4. The van der Waals surface area contributed by atoms with Gasteiger partial charge < -0.3 is 14.6 Å². The maximum absolute atomic E-state index is 12.5. The van der Waals surface area contributed by atoms with Crippen LogP contribution in [0.2, 0.25) is 0 Å². The standard InChI is InChI=1S/C16H24Br2O5/c1-4-22-16(21)12-7(2)14(17)15(18)10-5-9(23-8(3)19)6-11(20)13(10)12/h7,9-15,20H,4-6H2,1-3H3/t7-,9-,10?,11+,12+,13?,14?,15?/m1/s1. The van der Waals surface area contributed by atoms with E-state index in [1.807, 2.05) is 6.92 Å². The largest absolute Gasteiger partial charge is 0.466 e. The summed E-state index contributed by atoms with van der Waals surface area (Å²) in [5.41, 5.74) is 0. The zero-order chi connectivity index (χ0) is 17.3.